The highest BCUT2D eigenvalue weighted by Crippen LogP contribution is 2.35. The first kappa shape index (κ1) is 10.5. The van der Waals surface area contributed by atoms with Crippen LogP contribution in [-0.2, 0) is 6.18 Å². The zero-order valence-electron chi connectivity index (χ0n) is 8.05. The van der Waals surface area contributed by atoms with Crippen LogP contribution in [0.25, 0.3) is 10.8 Å². The number of halogens is 3. The molecule has 0 bridgehead atoms. The molecule has 0 aromatic heterocycles. The maximum absolute atomic E-state index is 12.7. The van der Waals surface area contributed by atoms with Crippen LogP contribution in [0.1, 0.15) is 11.1 Å². The van der Waals surface area contributed by atoms with E-state index < -0.39 is 11.7 Å². The molecular weight excluding hydrogens is 215 g/mol. The lowest BCUT2D eigenvalue weighted by atomic mass is 9.99. The van der Waals surface area contributed by atoms with Gasteiger partial charge in [0.25, 0.3) is 0 Å². The zero-order chi connectivity index (χ0) is 11.8. The smallest absolute Gasteiger partial charge is 0.192 e. The van der Waals surface area contributed by atoms with Gasteiger partial charge in [0.2, 0.25) is 0 Å². The molecule has 0 saturated heterocycles. The first-order valence-corrected chi connectivity index (χ1v) is 4.53. The third-order valence-electron chi connectivity index (χ3n) is 2.33. The molecule has 0 spiro atoms. The van der Waals surface area contributed by atoms with Crippen LogP contribution < -0.4 is 0 Å². The molecule has 0 heterocycles. The van der Waals surface area contributed by atoms with E-state index in [4.69, 9.17) is 5.26 Å². The van der Waals surface area contributed by atoms with Crippen LogP contribution in [0.4, 0.5) is 13.2 Å². The molecule has 2 rings (SSSR count). The van der Waals surface area contributed by atoms with Crippen molar-refractivity contribution < 1.29 is 13.2 Å². The number of hydrogen-bond acceptors (Lipinski definition) is 1. The Morgan fingerprint density at radius 2 is 1.62 bits per heavy atom. The molecule has 0 atom stereocenters. The third kappa shape index (κ3) is 1.61. The minimum absolute atomic E-state index is 0.0278. The van der Waals surface area contributed by atoms with Gasteiger partial charge in [0.15, 0.2) is 0 Å². The van der Waals surface area contributed by atoms with E-state index in [1.165, 1.54) is 12.1 Å². The molecule has 0 fully saturated rings. The summed E-state index contributed by atoms with van der Waals surface area (Å²) in [5, 5.41) is 9.21. The SMILES string of the molecule is N#Cc1cccc2cccc(C(F)(F)F)c12. The van der Waals surface area contributed by atoms with Gasteiger partial charge in [-0.1, -0.05) is 24.3 Å². The van der Waals surface area contributed by atoms with Gasteiger partial charge >= 0.3 is 6.18 Å². The van der Waals surface area contributed by atoms with E-state index in [2.05, 4.69) is 0 Å². The van der Waals surface area contributed by atoms with Crippen molar-refractivity contribution >= 4 is 10.8 Å². The summed E-state index contributed by atoms with van der Waals surface area (Å²) in [6.45, 7) is 0. The van der Waals surface area contributed by atoms with Crippen molar-refractivity contribution in [1.82, 2.24) is 0 Å². The fourth-order valence-corrected chi connectivity index (χ4v) is 1.67. The first-order chi connectivity index (χ1) is 7.54. The lowest BCUT2D eigenvalue weighted by Crippen LogP contribution is -2.06. The molecule has 80 valence electrons. The van der Waals surface area contributed by atoms with E-state index >= 15 is 0 Å². The summed E-state index contributed by atoms with van der Waals surface area (Å²) in [7, 11) is 0. The van der Waals surface area contributed by atoms with Gasteiger partial charge in [0, 0.05) is 5.39 Å². The van der Waals surface area contributed by atoms with Crippen molar-refractivity contribution in [2.75, 3.05) is 0 Å². The molecular formula is C12H6F3N. The molecule has 0 unspecified atom stereocenters. The number of fused-ring (bicyclic) bond motifs is 1. The summed E-state index contributed by atoms with van der Waals surface area (Å²) >= 11 is 0. The largest absolute Gasteiger partial charge is 0.417 e. The molecule has 16 heavy (non-hydrogen) atoms. The molecule has 0 radical (unpaired) electrons. The Hall–Kier alpha value is -2.02. The summed E-state index contributed by atoms with van der Waals surface area (Å²) in [5.41, 5.74) is -0.715. The van der Waals surface area contributed by atoms with Gasteiger partial charge in [-0.15, -0.1) is 0 Å². The molecule has 1 nitrogen and oxygen atoms in total. The van der Waals surface area contributed by atoms with Crippen molar-refractivity contribution in [2.45, 2.75) is 6.18 Å². The van der Waals surface area contributed by atoms with Crippen molar-refractivity contribution in [3.63, 3.8) is 0 Å². The van der Waals surface area contributed by atoms with Crippen LogP contribution in [0.2, 0.25) is 0 Å². The molecule has 2 aromatic rings. The zero-order valence-corrected chi connectivity index (χ0v) is 8.05. The van der Waals surface area contributed by atoms with Crippen LogP contribution in [0, 0.1) is 11.3 Å². The summed E-state index contributed by atoms with van der Waals surface area (Å²) in [6, 6.07) is 10.2. The van der Waals surface area contributed by atoms with Crippen molar-refractivity contribution in [2.24, 2.45) is 0 Å². The molecule has 0 N–H and O–H groups in total. The number of rotatable bonds is 0. The lowest BCUT2D eigenvalue weighted by Gasteiger charge is -2.10. The van der Waals surface area contributed by atoms with Crippen molar-refractivity contribution in [1.29, 1.82) is 5.26 Å². The van der Waals surface area contributed by atoms with Crippen LogP contribution in [0.15, 0.2) is 36.4 Å². The molecule has 0 aliphatic heterocycles. The summed E-state index contributed by atoms with van der Waals surface area (Å²) in [6.07, 6.45) is -4.44. The average Bonchev–Trinajstić information content (AvgIpc) is 2.26. The minimum atomic E-state index is -4.44. The fraction of sp³-hybridized carbons (Fsp3) is 0.0833. The molecule has 0 amide bonds. The predicted octanol–water partition coefficient (Wildman–Crippen LogP) is 3.73. The Morgan fingerprint density at radius 1 is 1.00 bits per heavy atom. The topological polar surface area (TPSA) is 23.8 Å². The fourth-order valence-electron chi connectivity index (χ4n) is 1.67. The highest BCUT2D eigenvalue weighted by atomic mass is 19.4. The molecule has 0 aliphatic rings. The Bertz CT molecular complexity index is 574. The summed E-state index contributed by atoms with van der Waals surface area (Å²) < 4.78 is 38.2. The number of hydrogen-bond donors (Lipinski definition) is 0. The lowest BCUT2D eigenvalue weighted by molar-refractivity contribution is -0.136. The van der Waals surface area contributed by atoms with E-state index in [0.29, 0.717) is 5.39 Å². The quantitative estimate of drug-likeness (QED) is 0.664. The first-order valence-electron chi connectivity index (χ1n) is 4.53. The molecule has 0 aliphatic carbocycles. The van der Waals surface area contributed by atoms with Crippen molar-refractivity contribution in [3.05, 3.63) is 47.5 Å². The van der Waals surface area contributed by atoms with Crippen LogP contribution in [-0.4, -0.2) is 0 Å². The van der Waals surface area contributed by atoms with E-state index in [0.717, 1.165) is 6.07 Å². The van der Waals surface area contributed by atoms with Gasteiger partial charge in [-0.2, -0.15) is 18.4 Å². The highest BCUT2D eigenvalue weighted by Gasteiger charge is 2.33. The Balaban J connectivity index is 2.91. The van der Waals surface area contributed by atoms with E-state index in [1.54, 1.807) is 24.3 Å². The molecule has 0 saturated carbocycles. The monoisotopic (exact) mass is 221 g/mol. The number of nitrogens with zero attached hydrogens (tertiary/aromatic N) is 1. The summed E-state index contributed by atoms with van der Waals surface area (Å²) in [5.74, 6) is 0. The Labute approximate surface area is 89.7 Å². The van der Waals surface area contributed by atoms with Crippen molar-refractivity contribution in [3.8, 4) is 6.07 Å². The van der Waals surface area contributed by atoms with E-state index in [9.17, 15) is 13.2 Å². The van der Waals surface area contributed by atoms with E-state index in [1.807, 2.05) is 0 Å². The molecule has 4 heteroatoms. The molecule has 2 aromatic carbocycles. The second kappa shape index (κ2) is 3.53. The van der Waals surface area contributed by atoms with Gasteiger partial charge < -0.3 is 0 Å². The minimum Gasteiger partial charge on any atom is -0.192 e. The van der Waals surface area contributed by atoms with Gasteiger partial charge in [0.1, 0.15) is 0 Å². The number of nitriles is 1. The standard InChI is InChI=1S/C12H6F3N/c13-12(14,15)10-6-2-4-8-3-1-5-9(7-16)11(8)10/h1-6H. The van der Waals surface area contributed by atoms with Gasteiger partial charge in [-0.3, -0.25) is 0 Å². The number of benzene rings is 2. The Kier molecular flexibility index (Phi) is 2.31. The van der Waals surface area contributed by atoms with Crippen LogP contribution in [0.3, 0.4) is 0 Å². The second-order valence-corrected chi connectivity index (χ2v) is 3.32. The predicted molar refractivity (Wildman–Crippen MR) is 53.7 cm³/mol. The van der Waals surface area contributed by atoms with Gasteiger partial charge in [-0.25, -0.2) is 0 Å². The highest BCUT2D eigenvalue weighted by molar-refractivity contribution is 5.91. The van der Waals surface area contributed by atoms with E-state index in [-0.39, 0.29) is 10.9 Å². The Morgan fingerprint density at radius 3 is 2.19 bits per heavy atom. The maximum atomic E-state index is 12.7. The average molecular weight is 221 g/mol. The third-order valence-corrected chi connectivity index (χ3v) is 2.33. The van der Waals surface area contributed by atoms with Gasteiger partial charge in [0.05, 0.1) is 17.2 Å². The second-order valence-electron chi connectivity index (χ2n) is 3.32. The van der Waals surface area contributed by atoms with Gasteiger partial charge in [-0.05, 0) is 17.5 Å². The normalized spacial score (nSPS) is 11.4. The summed E-state index contributed by atoms with van der Waals surface area (Å²) in [4.78, 5) is 0. The van der Waals surface area contributed by atoms with Crippen LogP contribution >= 0.6 is 0 Å². The van der Waals surface area contributed by atoms with Crippen LogP contribution in [0.5, 0.6) is 0 Å². The maximum Gasteiger partial charge on any atom is 0.417 e. The number of alkyl halides is 3.